The molecule has 3 N–H and O–H groups in total. The third kappa shape index (κ3) is 3.23. The van der Waals surface area contributed by atoms with Crippen molar-refractivity contribution in [3.05, 3.63) is 29.8 Å². The van der Waals surface area contributed by atoms with Gasteiger partial charge in [-0.05, 0) is 56.1 Å². The van der Waals surface area contributed by atoms with Gasteiger partial charge in [0.15, 0.2) is 0 Å². The molecule has 1 aromatic rings. The molecule has 0 atom stereocenters. The first-order valence-electron chi connectivity index (χ1n) is 6.48. The van der Waals surface area contributed by atoms with E-state index in [1.165, 1.54) is 12.8 Å². The molecular formula is C14H21N3O. The van der Waals surface area contributed by atoms with E-state index in [1.807, 2.05) is 12.1 Å². The second-order valence-corrected chi connectivity index (χ2v) is 4.99. The Morgan fingerprint density at radius 2 is 1.94 bits per heavy atom. The van der Waals surface area contributed by atoms with Gasteiger partial charge < -0.3 is 16.0 Å². The Kier molecular flexibility index (Phi) is 4.20. The Bertz CT molecular complexity index is 396. The second kappa shape index (κ2) is 5.87. The standard InChI is InChI=1S/C14H21N3O/c1-17(10-11-6-8-16-9-7-11)13-4-2-12(3-5-13)14(15)18/h2-5,11,16H,6-10H2,1H3,(H2,15,18). The van der Waals surface area contributed by atoms with Crippen molar-refractivity contribution in [3.8, 4) is 0 Å². The Morgan fingerprint density at radius 3 is 2.50 bits per heavy atom. The SMILES string of the molecule is CN(CC1CCNCC1)c1ccc(C(N)=O)cc1. The Labute approximate surface area is 108 Å². The summed E-state index contributed by atoms with van der Waals surface area (Å²) in [5.74, 6) is 0.384. The molecule has 1 saturated heterocycles. The zero-order valence-corrected chi connectivity index (χ0v) is 10.9. The summed E-state index contributed by atoms with van der Waals surface area (Å²) in [4.78, 5) is 13.3. The average Bonchev–Trinajstić information content (AvgIpc) is 2.40. The molecule has 1 aromatic carbocycles. The fourth-order valence-corrected chi connectivity index (χ4v) is 2.44. The van der Waals surface area contributed by atoms with Crippen LogP contribution in [-0.2, 0) is 0 Å². The van der Waals surface area contributed by atoms with Gasteiger partial charge in [0.1, 0.15) is 0 Å². The zero-order valence-electron chi connectivity index (χ0n) is 10.9. The smallest absolute Gasteiger partial charge is 0.248 e. The number of hydrogen-bond donors (Lipinski definition) is 2. The molecule has 2 rings (SSSR count). The lowest BCUT2D eigenvalue weighted by molar-refractivity contribution is 0.100. The second-order valence-electron chi connectivity index (χ2n) is 4.99. The molecule has 0 aromatic heterocycles. The predicted octanol–water partition coefficient (Wildman–Crippen LogP) is 1.22. The number of piperidine rings is 1. The van der Waals surface area contributed by atoms with E-state index in [0.29, 0.717) is 5.56 Å². The highest BCUT2D eigenvalue weighted by atomic mass is 16.1. The molecule has 1 aliphatic rings. The average molecular weight is 247 g/mol. The van der Waals surface area contributed by atoms with E-state index in [-0.39, 0.29) is 5.91 Å². The summed E-state index contributed by atoms with van der Waals surface area (Å²) in [5.41, 5.74) is 6.93. The van der Waals surface area contributed by atoms with E-state index in [9.17, 15) is 4.79 Å². The molecule has 0 radical (unpaired) electrons. The van der Waals surface area contributed by atoms with Gasteiger partial charge in [-0.1, -0.05) is 0 Å². The summed E-state index contributed by atoms with van der Waals surface area (Å²) in [6, 6.07) is 7.50. The molecule has 4 nitrogen and oxygen atoms in total. The Hall–Kier alpha value is -1.55. The minimum absolute atomic E-state index is 0.373. The van der Waals surface area contributed by atoms with Crippen molar-refractivity contribution in [2.75, 3.05) is 31.6 Å². The van der Waals surface area contributed by atoms with E-state index < -0.39 is 0 Å². The van der Waals surface area contributed by atoms with Gasteiger partial charge in [0.2, 0.25) is 5.91 Å². The molecule has 1 fully saturated rings. The van der Waals surface area contributed by atoms with Crippen LogP contribution in [-0.4, -0.2) is 32.6 Å². The number of nitrogens with two attached hydrogens (primary N) is 1. The number of primary amides is 1. The number of nitrogens with zero attached hydrogens (tertiary/aromatic N) is 1. The van der Waals surface area contributed by atoms with E-state index in [2.05, 4.69) is 17.3 Å². The Balaban J connectivity index is 1.95. The van der Waals surface area contributed by atoms with E-state index in [4.69, 9.17) is 5.73 Å². The van der Waals surface area contributed by atoms with Crippen molar-refractivity contribution in [1.82, 2.24) is 5.32 Å². The normalized spacial score (nSPS) is 16.5. The van der Waals surface area contributed by atoms with Crippen LogP contribution in [0.25, 0.3) is 0 Å². The molecule has 18 heavy (non-hydrogen) atoms. The molecular weight excluding hydrogens is 226 g/mol. The first-order chi connectivity index (χ1) is 8.66. The van der Waals surface area contributed by atoms with E-state index >= 15 is 0 Å². The number of benzene rings is 1. The van der Waals surface area contributed by atoms with Crippen molar-refractivity contribution >= 4 is 11.6 Å². The van der Waals surface area contributed by atoms with E-state index in [0.717, 1.165) is 31.2 Å². The van der Waals surface area contributed by atoms with Crippen molar-refractivity contribution in [3.63, 3.8) is 0 Å². The van der Waals surface area contributed by atoms with Crippen LogP contribution in [0.2, 0.25) is 0 Å². The minimum atomic E-state index is -0.373. The largest absolute Gasteiger partial charge is 0.374 e. The molecule has 4 heteroatoms. The number of nitrogens with one attached hydrogen (secondary N) is 1. The molecule has 0 saturated carbocycles. The molecule has 1 aliphatic heterocycles. The number of hydrogen-bond acceptors (Lipinski definition) is 3. The quantitative estimate of drug-likeness (QED) is 0.841. The predicted molar refractivity (Wildman–Crippen MR) is 73.8 cm³/mol. The van der Waals surface area contributed by atoms with Crippen LogP contribution in [0.5, 0.6) is 0 Å². The van der Waals surface area contributed by atoms with Crippen molar-refractivity contribution in [2.24, 2.45) is 11.7 Å². The molecule has 0 spiro atoms. The Morgan fingerprint density at radius 1 is 1.33 bits per heavy atom. The number of amides is 1. The van der Waals surface area contributed by atoms with Crippen LogP contribution >= 0.6 is 0 Å². The van der Waals surface area contributed by atoms with Gasteiger partial charge >= 0.3 is 0 Å². The van der Waals surface area contributed by atoms with Gasteiger partial charge in [0.25, 0.3) is 0 Å². The van der Waals surface area contributed by atoms with Gasteiger partial charge in [-0.15, -0.1) is 0 Å². The third-order valence-corrected chi connectivity index (χ3v) is 3.58. The number of anilines is 1. The topological polar surface area (TPSA) is 58.4 Å². The molecule has 0 unspecified atom stereocenters. The molecule has 1 heterocycles. The summed E-state index contributed by atoms with van der Waals surface area (Å²) < 4.78 is 0. The minimum Gasteiger partial charge on any atom is -0.374 e. The summed E-state index contributed by atoms with van der Waals surface area (Å²) in [6.45, 7) is 3.32. The lowest BCUT2D eigenvalue weighted by atomic mass is 9.97. The highest BCUT2D eigenvalue weighted by Gasteiger charge is 2.15. The van der Waals surface area contributed by atoms with Crippen LogP contribution in [0.15, 0.2) is 24.3 Å². The summed E-state index contributed by atoms with van der Waals surface area (Å²) in [6.07, 6.45) is 2.48. The number of carbonyl (C=O) groups excluding carboxylic acids is 1. The van der Waals surface area contributed by atoms with Crippen LogP contribution in [0, 0.1) is 5.92 Å². The fraction of sp³-hybridized carbons (Fsp3) is 0.500. The fourth-order valence-electron chi connectivity index (χ4n) is 2.44. The molecule has 98 valence electrons. The zero-order chi connectivity index (χ0) is 13.0. The molecule has 0 aliphatic carbocycles. The molecule has 0 bridgehead atoms. The van der Waals surface area contributed by atoms with E-state index in [1.54, 1.807) is 12.1 Å². The number of rotatable bonds is 4. The maximum atomic E-state index is 11.0. The van der Waals surface area contributed by atoms with Gasteiger partial charge in [0.05, 0.1) is 0 Å². The maximum absolute atomic E-state index is 11.0. The summed E-state index contributed by atoms with van der Waals surface area (Å²) in [5, 5.41) is 3.38. The lowest BCUT2D eigenvalue weighted by Gasteiger charge is -2.28. The van der Waals surface area contributed by atoms with Crippen molar-refractivity contribution in [1.29, 1.82) is 0 Å². The summed E-state index contributed by atoms with van der Waals surface area (Å²) in [7, 11) is 2.10. The van der Waals surface area contributed by atoms with Crippen LogP contribution in [0.4, 0.5) is 5.69 Å². The van der Waals surface area contributed by atoms with Gasteiger partial charge in [-0.2, -0.15) is 0 Å². The highest BCUT2D eigenvalue weighted by molar-refractivity contribution is 5.93. The third-order valence-electron chi connectivity index (χ3n) is 3.58. The van der Waals surface area contributed by atoms with Crippen LogP contribution in [0.3, 0.4) is 0 Å². The first-order valence-corrected chi connectivity index (χ1v) is 6.48. The van der Waals surface area contributed by atoms with Gasteiger partial charge in [0, 0.05) is 24.8 Å². The summed E-state index contributed by atoms with van der Waals surface area (Å²) >= 11 is 0. The number of carbonyl (C=O) groups is 1. The lowest BCUT2D eigenvalue weighted by Crippen LogP contribution is -2.34. The monoisotopic (exact) mass is 247 g/mol. The highest BCUT2D eigenvalue weighted by Crippen LogP contribution is 2.18. The van der Waals surface area contributed by atoms with Crippen molar-refractivity contribution in [2.45, 2.75) is 12.8 Å². The molecule has 1 amide bonds. The van der Waals surface area contributed by atoms with Crippen molar-refractivity contribution < 1.29 is 4.79 Å². The van der Waals surface area contributed by atoms with Gasteiger partial charge in [-0.3, -0.25) is 4.79 Å². The first kappa shape index (κ1) is 12.9. The maximum Gasteiger partial charge on any atom is 0.248 e. The van der Waals surface area contributed by atoms with Crippen LogP contribution in [0.1, 0.15) is 23.2 Å². The van der Waals surface area contributed by atoms with Gasteiger partial charge in [-0.25, -0.2) is 0 Å². The van der Waals surface area contributed by atoms with Crippen LogP contribution < -0.4 is 16.0 Å².